The number of hydrogen-bond donors (Lipinski definition) is 1. The lowest BCUT2D eigenvalue weighted by atomic mass is 9.90. The van der Waals surface area contributed by atoms with Crippen molar-refractivity contribution >= 4 is 22.9 Å². The van der Waals surface area contributed by atoms with Crippen LogP contribution in [0.5, 0.6) is 11.5 Å². The summed E-state index contributed by atoms with van der Waals surface area (Å²) in [5.41, 5.74) is 2.88. The number of nitrogens with one attached hydrogen (secondary N) is 1. The fourth-order valence-electron chi connectivity index (χ4n) is 4.05. The van der Waals surface area contributed by atoms with Crippen LogP contribution in [0.1, 0.15) is 28.5 Å². The fourth-order valence-corrected chi connectivity index (χ4v) is 4.93. The molecule has 0 spiro atoms. The first-order chi connectivity index (χ1) is 15.1. The molecule has 1 N–H and O–H groups in total. The summed E-state index contributed by atoms with van der Waals surface area (Å²) in [7, 11) is 3.29. The number of hydrogen-bond acceptors (Lipinski definition) is 5. The van der Waals surface area contributed by atoms with Crippen LogP contribution < -0.4 is 14.8 Å². The zero-order chi connectivity index (χ0) is 21.8. The van der Waals surface area contributed by atoms with E-state index in [1.807, 2.05) is 6.07 Å². The lowest BCUT2D eigenvalue weighted by molar-refractivity contribution is -0.116. The SMILES string of the molecule is COc1cc2c(cc1OC)C(c1cccs1)N(CCC(=O)Nc1cccc(F)c1)CC2. The van der Waals surface area contributed by atoms with E-state index >= 15 is 0 Å². The van der Waals surface area contributed by atoms with Crippen LogP contribution in [0.25, 0.3) is 0 Å². The molecule has 31 heavy (non-hydrogen) atoms. The van der Waals surface area contributed by atoms with Gasteiger partial charge in [0.1, 0.15) is 5.82 Å². The van der Waals surface area contributed by atoms with E-state index in [4.69, 9.17) is 9.47 Å². The molecule has 2 aromatic carbocycles. The fraction of sp³-hybridized carbons (Fsp3) is 0.292. The lowest BCUT2D eigenvalue weighted by Crippen LogP contribution is -2.37. The van der Waals surface area contributed by atoms with E-state index in [1.165, 1.54) is 28.1 Å². The number of thiophene rings is 1. The number of methoxy groups -OCH3 is 2. The lowest BCUT2D eigenvalue weighted by Gasteiger charge is -2.37. The van der Waals surface area contributed by atoms with Crippen molar-refractivity contribution in [2.24, 2.45) is 0 Å². The van der Waals surface area contributed by atoms with Crippen LogP contribution in [0.4, 0.5) is 10.1 Å². The number of ether oxygens (including phenoxy) is 2. The maximum atomic E-state index is 13.4. The largest absolute Gasteiger partial charge is 0.493 e. The molecule has 0 saturated heterocycles. The number of anilines is 1. The van der Waals surface area contributed by atoms with Gasteiger partial charge in [0, 0.05) is 30.1 Å². The van der Waals surface area contributed by atoms with Crippen molar-refractivity contribution in [2.45, 2.75) is 18.9 Å². The highest BCUT2D eigenvalue weighted by Crippen LogP contribution is 2.42. The van der Waals surface area contributed by atoms with E-state index in [0.717, 1.165) is 18.7 Å². The molecule has 0 bridgehead atoms. The van der Waals surface area contributed by atoms with E-state index in [-0.39, 0.29) is 17.8 Å². The first-order valence-corrected chi connectivity index (χ1v) is 11.0. The third kappa shape index (κ3) is 4.73. The zero-order valence-electron chi connectivity index (χ0n) is 17.6. The average molecular weight is 441 g/mol. The third-order valence-corrected chi connectivity index (χ3v) is 6.45. The summed E-state index contributed by atoms with van der Waals surface area (Å²) in [6.45, 7) is 1.43. The van der Waals surface area contributed by atoms with E-state index in [0.29, 0.717) is 24.4 Å². The van der Waals surface area contributed by atoms with Gasteiger partial charge in [0.05, 0.1) is 20.3 Å². The topological polar surface area (TPSA) is 50.8 Å². The predicted octanol–water partition coefficient (Wildman–Crippen LogP) is 4.88. The Hall–Kier alpha value is -2.90. The van der Waals surface area contributed by atoms with Crippen molar-refractivity contribution in [1.29, 1.82) is 0 Å². The number of fused-ring (bicyclic) bond motifs is 1. The molecule has 1 atom stereocenters. The van der Waals surface area contributed by atoms with Crippen LogP contribution in [0, 0.1) is 5.82 Å². The van der Waals surface area contributed by atoms with E-state index in [2.05, 4.69) is 33.8 Å². The summed E-state index contributed by atoms with van der Waals surface area (Å²) < 4.78 is 24.4. The predicted molar refractivity (Wildman–Crippen MR) is 121 cm³/mol. The number of carbonyl (C=O) groups excluding carboxylic acids is 1. The summed E-state index contributed by atoms with van der Waals surface area (Å²) in [6.07, 6.45) is 1.18. The van der Waals surface area contributed by atoms with Gasteiger partial charge in [-0.05, 0) is 59.3 Å². The summed E-state index contributed by atoms with van der Waals surface area (Å²) >= 11 is 1.70. The Bertz CT molecular complexity index is 1050. The molecule has 1 aliphatic heterocycles. The highest BCUT2D eigenvalue weighted by atomic mass is 32.1. The van der Waals surface area contributed by atoms with Crippen molar-refractivity contribution in [3.63, 3.8) is 0 Å². The molecule has 1 unspecified atom stereocenters. The first-order valence-electron chi connectivity index (χ1n) is 10.2. The van der Waals surface area contributed by atoms with Gasteiger partial charge in [-0.1, -0.05) is 12.1 Å². The molecule has 7 heteroatoms. The Balaban J connectivity index is 1.54. The molecule has 0 saturated carbocycles. The van der Waals surface area contributed by atoms with Crippen LogP contribution in [-0.4, -0.2) is 38.1 Å². The van der Waals surface area contributed by atoms with Crippen LogP contribution in [0.3, 0.4) is 0 Å². The van der Waals surface area contributed by atoms with Crippen molar-refractivity contribution in [2.75, 3.05) is 32.6 Å². The van der Waals surface area contributed by atoms with Crippen LogP contribution in [-0.2, 0) is 11.2 Å². The number of amides is 1. The van der Waals surface area contributed by atoms with Crippen molar-refractivity contribution in [3.05, 3.63) is 75.7 Å². The minimum atomic E-state index is -0.368. The van der Waals surface area contributed by atoms with E-state index in [1.54, 1.807) is 37.7 Å². The number of rotatable bonds is 7. The molecule has 162 valence electrons. The van der Waals surface area contributed by atoms with Crippen molar-refractivity contribution in [3.8, 4) is 11.5 Å². The van der Waals surface area contributed by atoms with E-state index < -0.39 is 0 Å². The van der Waals surface area contributed by atoms with Gasteiger partial charge < -0.3 is 14.8 Å². The van der Waals surface area contributed by atoms with Crippen LogP contribution in [0.15, 0.2) is 53.9 Å². The third-order valence-electron chi connectivity index (χ3n) is 5.52. The molecular weight excluding hydrogens is 415 g/mol. The average Bonchev–Trinajstić information content (AvgIpc) is 3.30. The summed E-state index contributed by atoms with van der Waals surface area (Å²) in [4.78, 5) is 16.0. The molecule has 3 aromatic rings. The number of halogens is 1. The minimum absolute atomic E-state index is 0.0468. The molecule has 1 amide bonds. The quantitative estimate of drug-likeness (QED) is 0.569. The Kier molecular flexibility index (Phi) is 6.53. The van der Waals surface area contributed by atoms with Gasteiger partial charge in [-0.25, -0.2) is 4.39 Å². The number of carbonyl (C=O) groups is 1. The maximum Gasteiger partial charge on any atom is 0.225 e. The van der Waals surface area contributed by atoms with Gasteiger partial charge >= 0.3 is 0 Å². The second kappa shape index (κ2) is 9.49. The maximum absolute atomic E-state index is 13.4. The zero-order valence-corrected chi connectivity index (χ0v) is 18.4. The van der Waals surface area contributed by atoms with Gasteiger partial charge in [-0.3, -0.25) is 9.69 Å². The summed E-state index contributed by atoms with van der Waals surface area (Å²) in [5, 5.41) is 4.85. The molecule has 0 fully saturated rings. The van der Waals surface area contributed by atoms with Gasteiger partial charge in [-0.15, -0.1) is 11.3 Å². The van der Waals surface area contributed by atoms with Gasteiger partial charge in [0.25, 0.3) is 0 Å². The van der Waals surface area contributed by atoms with E-state index in [9.17, 15) is 9.18 Å². The molecule has 5 nitrogen and oxygen atoms in total. The minimum Gasteiger partial charge on any atom is -0.493 e. The second-order valence-electron chi connectivity index (χ2n) is 7.42. The Morgan fingerprint density at radius 1 is 1.16 bits per heavy atom. The summed E-state index contributed by atoms with van der Waals surface area (Å²) in [5.74, 6) is 0.934. The molecule has 0 aliphatic carbocycles. The number of nitrogens with zero attached hydrogens (tertiary/aromatic N) is 1. The molecular formula is C24H25FN2O3S. The Morgan fingerprint density at radius 2 is 1.97 bits per heavy atom. The molecule has 1 aliphatic rings. The highest BCUT2D eigenvalue weighted by Gasteiger charge is 2.31. The number of benzene rings is 2. The van der Waals surface area contributed by atoms with Crippen LogP contribution >= 0.6 is 11.3 Å². The Morgan fingerprint density at radius 3 is 2.68 bits per heavy atom. The normalized spacial score (nSPS) is 15.9. The van der Waals surface area contributed by atoms with Gasteiger partial charge in [0.2, 0.25) is 5.91 Å². The van der Waals surface area contributed by atoms with Gasteiger partial charge in [0.15, 0.2) is 11.5 Å². The second-order valence-corrected chi connectivity index (χ2v) is 8.40. The standard InChI is InChI=1S/C24H25FN2O3S/c1-29-20-13-16-8-10-27(11-9-23(28)26-18-6-3-5-17(25)14-18)24(22-7-4-12-31-22)19(16)15-21(20)30-2/h3-7,12-15,24H,8-11H2,1-2H3,(H,26,28). The summed E-state index contributed by atoms with van der Waals surface area (Å²) in [6, 6.07) is 14.3. The molecule has 0 radical (unpaired) electrons. The van der Waals surface area contributed by atoms with Crippen molar-refractivity contribution < 1.29 is 18.7 Å². The molecule has 1 aromatic heterocycles. The first kappa shape index (κ1) is 21.3. The van der Waals surface area contributed by atoms with Gasteiger partial charge in [-0.2, -0.15) is 0 Å². The molecule has 4 rings (SSSR count). The smallest absolute Gasteiger partial charge is 0.225 e. The monoisotopic (exact) mass is 440 g/mol. The molecule has 2 heterocycles. The van der Waals surface area contributed by atoms with Crippen LogP contribution in [0.2, 0.25) is 0 Å². The van der Waals surface area contributed by atoms with Crippen molar-refractivity contribution in [1.82, 2.24) is 4.90 Å². The highest BCUT2D eigenvalue weighted by molar-refractivity contribution is 7.10. The Labute approximate surface area is 185 Å².